The lowest BCUT2D eigenvalue weighted by atomic mass is 10.2. The van der Waals surface area contributed by atoms with Crippen LogP contribution in [0, 0.1) is 6.92 Å². The van der Waals surface area contributed by atoms with Crippen molar-refractivity contribution in [1.29, 1.82) is 0 Å². The number of amides is 1. The van der Waals surface area contributed by atoms with Crippen LogP contribution in [0.1, 0.15) is 41.7 Å². The largest absolute Gasteiger partial charge is 0.268 e. The first-order chi connectivity index (χ1) is 14.4. The highest BCUT2D eigenvalue weighted by atomic mass is 32.2. The van der Waals surface area contributed by atoms with Crippen LogP contribution >= 0.6 is 11.3 Å². The highest BCUT2D eigenvalue weighted by Gasteiger charge is 2.26. The monoisotopic (exact) mass is 441 g/mol. The molecule has 0 atom stereocenters. The van der Waals surface area contributed by atoms with E-state index in [1.54, 1.807) is 12.1 Å². The average Bonchev–Trinajstić information content (AvgIpc) is 3.40. The summed E-state index contributed by atoms with van der Waals surface area (Å²) in [6, 6.07) is 15.4. The fourth-order valence-corrected chi connectivity index (χ4v) is 5.76. The lowest BCUT2D eigenvalue weighted by Crippen LogP contribution is -2.33. The van der Waals surface area contributed by atoms with Crippen LogP contribution in [0.5, 0.6) is 0 Å². The molecule has 0 unspecified atom stereocenters. The number of nitrogens with zero attached hydrogens (tertiary/aromatic N) is 2. The highest BCUT2D eigenvalue weighted by Crippen LogP contribution is 2.30. The van der Waals surface area contributed by atoms with Gasteiger partial charge in [-0.25, -0.2) is 18.1 Å². The van der Waals surface area contributed by atoms with E-state index in [2.05, 4.69) is 9.71 Å². The number of sulfonamides is 1. The molecule has 8 heteroatoms. The summed E-state index contributed by atoms with van der Waals surface area (Å²) >= 11 is 1.37. The van der Waals surface area contributed by atoms with Gasteiger partial charge in [-0.05, 0) is 50.1 Å². The number of thiazole rings is 1. The van der Waals surface area contributed by atoms with Crippen molar-refractivity contribution in [2.75, 3.05) is 4.90 Å². The summed E-state index contributed by atoms with van der Waals surface area (Å²) in [5.41, 5.74) is 1.79. The molecule has 0 radical (unpaired) electrons. The van der Waals surface area contributed by atoms with Gasteiger partial charge in [-0.15, -0.1) is 11.3 Å². The zero-order chi connectivity index (χ0) is 21.1. The number of aryl methyl sites for hydroxylation is 1. The van der Waals surface area contributed by atoms with E-state index in [1.165, 1.54) is 28.4 Å². The van der Waals surface area contributed by atoms with E-state index in [-0.39, 0.29) is 16.8 Å². The molecular formula is C22H23N3O3S2. The number of hydrogen-bond acceptors (Lipinski definition) is 5. The third-order valence-electron chi connectivity index (χ3n) is 5.08. The maximum absolute atomic E-state index is 13.5. The Morgan fingerprint density at radius 3 is 2.50 bits per heavy atom. The van der Waals surface area contributed by atoms with Crippen molar-refractivity contribution in [2.24, 2.45) is 0 Å². The minimum atomic E-state index is -3.68. The van der Waals surface area contributed by atoms with E-state index in [4.69, 9.17) is 0 Å². The van der Waals surface area contributed by atoms with Crippen molar-refractivity contribution >= 4 is 38.1 Å². The third-order valence-corrected chi connectivity index (χ3v) is 7.55. The molecule has 0 saturated heterocycles. The van der Waals surface area contributed by atoms with Crippen LogP contribution < -0.4 is 9.62 Å². The van der Waals surface area contributed by atoms with Crippen molar-refractivity contribution in [3.05, 3.63) is 71.2 Å². The molecule has 1 amide bonds. The normalized spacial score (nSPS) is 14.7. The quantitative estimate of drug-likeness (QED) is 0.604. The van der Waals surface area contributed by atoms with Gasteiger partial charge in [0, 0.05) is 17.0 Å². The van der Waals surface area contributed by atoms with Crippen LogP contribution in [0.25, 0.3) is 0 Å². The summed E-state index contributed by atoms with van der Waals surface area (Å²) < 4.78 is 28.4. The van der Waals surface area contributed by atoms with E-state index in [0.29, 0.717) is 16.4 Å². The summed E-state index contributed by atoms with van der Waals surface area (Å²) in [5, 5.41) is 2.42. The standard InChI is InChI=1S/C22H23N3O3S2/c1-16-15-29-22(23-16)25(19-11-3-2-4-12-19)21(26)17-8-7-13-20(14-17)30(27,28)24-18-9-5-6-10-18/h2-4,7-8,11-15,18,24H,5-6,9-10H2,1H3. The summed E-state index contributed by atoms with van der Waals surface area (Å²) in [5.74, 6) is -0.325. The molecule has 1 saturated carbocycles. The zero-order valence-electron chi connectivity index (χ0n) is 16.6. The number of carbonyl (C=O) groups is 1. The second kappa shape index (κ2) is 8.67. The van der Waals surface area contributed by atoms with E-state index in [9.17, 15) is 13.2 Å². The van der Waals surface area contributed by atoms with Gasteiger partial charge in [0.1, 0.15) is 0 Å². The molecule has 2 aromatic carbocycles. The molecule has 1 aliphatic rings. The fraction of sp³-hybridized carbons (Fsp3) is 0.273. The second-order valence-electron chi connectivity index (χ2n) is 7.38. The predicted molar refractivity (Wildman–Crippen MR) is 119 cm³/mol. The number of aromatic nitrogens is 1. The minimum Gasteiger partial charge on any atom is -0.268 e. The van der Waals surface area contributed by atoms with Crippen molar-refractivity contribution in [2.45, 2.75) is 43.5 Å². The Bertz CT molecular complexity index is 1140. The maximum atomic E-state index is 13.5. The summed E-state index contributed by atoms with van der Waals surface area (Å²) in [7, 11) is -3.68. The number of carbonyl (C=O) groups excluding carboxylic acids is 1. The lowest BCUT2D eigenvalue weighted by molar-refractivity contribution is 0.0999. The molecule has 6 nitrogen and oxygen atoms in total. The van der Waals surface area contributed by atoms with Gasteiger partial charge in [0.05, 0.1) is 16.3 Å². The Morgan fingerprint density at radius 1 is 1.10 bits per heavy atom. The predicted octanol–water partition coefficient (Wildman–Crippen LogP) is 4.65. The van der Waals surface area contributed by atoms with Crippen molar-refractivity contribution in [3.63, 3.8) is 0 Å². The van der Waals surface area contributed by atoms with E-state index >= 15 is 0 Å². The molecule has 1 aromatic heterocycles. The van der Waals surface area contributed by atoms with Gasteiger partial charge in [-0.1, -0.05) is 37.1 Å². The molecule has 4 rings (SSSR count). The first-order valence-electron chi connectivity index (χ1n) is 9.88. The van der Waals surface area contributed by atoms with Crippen LogP contribution in [0.15, 0.2) is 64.9 Å². The Labute approximate surface area is 180 Å². The van der Waals surface area contributed by atoms with Gasteiger partial charge in [0.15, 0.2) is 5.13 Å². The molecule has 0 bridgehead atoms. The Kier molecular flexibility index (Phi) is 5.99. The van der Waals surface area contributed by atoms with Crippen LogP contribution in [0.2, 0.25) is 0 Å². The summed E-state index contributed by atoms with van der Waals surface area (Å²) in [4.78, 5) is 19.5. The molecule has 0 aliphatic heterocycles. The summed E-state index contributed by atoms with van der Waals surface area (Å²) in [6.07, 6.45) is 3.77. The van der Waals surface area contributed by atoms with Gasteiger partial charge >= 0.3 is 0 Å². The number of rotatable bonds is 6. The van der Waals surface area contributed by atoms with Gasteiger partial charge in [-0.2, -0.15) is 0 Å². The van der Waals surface area contributed by atoms with Gasteiger partial charge < -0.3 is 0 Å². The van der Waals surface area contributed by atoms with Crippen LogP contribution in [-0.2, 0) is 10.0 Å². The van der Waals surface area contributed by atoms with Crippen molar-refractivity contribution < 1.29 is 13.2 Å². The molecule has 1 N–H and O–H groups in total. The Balaban J connectivity index is 1.68. The van der Waals surface area contributed by atoms with Crippen molar-refractivity contribution in [3.8, 4) is 0 Å². The number of hydrogen-bond donors (Lipinski definition) is 1. The molecule has 3 aromatic rings. The number of para-hydroxylation sites is 1. The molecule has 30 heavy (non-hydrogen) atoms. The van der Waals surface area contributed by atoms with Crippen LogP contribution in [0.4, 0.5) is 10.8 Å². The Morgan fingerprint density at radius 2 is 1.83 bits per heavy atom. The lowest BCUT2D eigenvalue weighted by Gasteiger charge is -2.20. The van der Waals surface area contributed by atoms with E-state index in [1.807, 2.05) is 42.6 Å². The van der Waals surface area contributed by atoms with E-state index < -0.39 is 10.0 Å². The van der Waals surface area contributed by atoms with Gasteiger partial charge in [0.2, 0.25) is 10.0 Å². The first-order valence-corrected chi connectivity index (χ1v) is 12.2. The molecule has 0 spiro atoms. The third kappa shape index (κ3) is 4.45. The Hall–Kier alpha value is -2.55. The molecule has 156 valence electrons. The molecular weight excluding hydrogens is 418 g/mol. The molecule has 1 aliphatic carbocycles. The first kappa shape index (κ1) is 20.7. The molecule has 1 heterocycles. The number of benzene rings is 2. The topological polar surface area (TPSA) is 79.4 Å². The number of anilines is 2. The average molecular weight is 442 g/mol. The zero-order valence-corrected chi connectivity index (χ0v) is 18.2. The van der Waals surface area contributed by atoms with Crippen LogP contribution in [-0.4, -0.2) is 25.4 Å². The minimum absolute atomic E-state index is 0.0338. The molecule has 1 fully saturated rings. The highest BCUT2D eigenvalue weighted by molar-refractivity contribution is 7.89. The second-order valence-corrected chi connectivity index (χ2v) is 9.93. The smallest absolute Gasteiger partial charge is 0.264 e. The van der Waals surface area contributed by atoms with Crippen LogP contribution in [0.3, 0.4) is 0 Å². The SMILES string of the molecule is Cc1csc(N(C(=O)c2cccc(S(=O)(=O)NC3CCCC3)c2)c2ccccc2)n1. The van der Waals surface area contributed by atoms with E-state index in [0.717, 1.165) is 31.4 Å². The van der Waals surface area contributed by atoms with Gasteiger partial charge in [-0.3, -0.25) is 9.69 Å². The maximum Gasteiger partial charge on any atom is 0.264 e. The van der Waals surface area contributed by atoms with Gasteiger partial charge in [0.25, 0.3) is 5.91 Å². The van der Waals surface area contributed by atoms with Crippen molar-refractivity contribution in [1.82, 2.24) is 9.71 Å². The number of nitrogens with one attached hydrogen (secondary N) is 1. The summed E-state index contributed by atoms with van der Waals surface area (Å²) in [6.45, 7) is 1.87. The fourth-order valence-electron chi connectivity index (χ4n) is 3.59.